The lowest BCUT2D eigenvalue weighted by Crippen LogP contribution is -2.50. The van der Waals surface area contributed by atoms with E-state index in [9.17, 15) is 9.59 Å². The van der Waals surface area contributed by atoms with Gasteiger partial charge in [-0.3, -0.25) is 9.59 Å². The molecule has 0 spiro atoms. The average molecular weight is 399 g/mol. The van der Waals surface area contributed by atoms with E-state index in [1.807, 2.05) is 52.0 Å². The molecule has 2 aromatic carbocycles. The molecule has 156 valence electrons. The van der Waals surface area contributed by atoms with Crippen molar-refractivity contribution >= 4 is 11.8 Å². The molecule has 0 aliphatic rings. The summed E-state index contributed by atoms with van der Waals surface area (Å²) in [5, 5.41) is 5.65. The summed E-state index contributed by atoms with van der Waals surface area (Å²) in [6.45, 7) is 8.98. The number of carbonyl (C=O) groups is 2. The van der Waals surface area contributed by atoms with Gasteiger partial charge >= 0.3 is 0 Å². The maximum Gasteiger partial charge on any atom is 0.251 e. The van der Waals surface area contributed by atoms with Crippen LogP contribution in [0.5, 0.6) is 11.5 Å². The molecule has 0 heterocycles. The minimum absolute atomic E-state index is 0.0559. The maximum atomic E-state index is 12.5. The lowest BCUT2D eigenvalue weighted by Gasteiger charge is -2.22. The van der Waals surface area contributed by atoms with E-state index in [0.717, 1.165) is 11.3 Å². The molecule has 6 nitrogen and oxygen atoms in total. The number of hydrogen-bond donors (Lipinski definition) is 2. The van der Waals surface area contributed by atoms with E-state index in [4.69, 9.17) is 9.47 Å². The zero-order valence-corrected chi connectivity index (χ0v) is 17.5. The van der Waals surface area contributed by atoms with Crippen molar-refractivity contribution in [1.82, 2.24) is 10.6 Å². The highest BCUT2D eigenvalue weighted by Gasteiger charge is 2.24. The molecule has 1 atom stereocenters. The van der Waals surface area contributed by atoms with Gasteiger partial charge in [-0.2, -0.15) is 0 Å². The molecule has 0 radical (unpaired) electrons. The number of aryl methyl sites for hydroxylation is 1. The van der Waals surface area contributed by atoms with E-state index in [2.05, 4.69) is 10.6 Å². The van der Waals surface area contributed by atoms with Crippen molar-refractivity contribution in [1.29, 1.82) is 0 Å². The van der Waals surface area contributed by atoms with Gasteiger partial charge in [-0.15, -0.1) is 0 Å². The monoisotopic (exact) mass is 398 g/mol. The first-order valence-corrected chi connectivity index (χ1v) is 9.91. The summed E-state index contributed by atoms with van der Waals surface area (Å²) in [4.78, 5) is 25.1. The summed E-state index contributed by atoms with van der Waals surface area (Å²) >= 11 is 0. The molecular weight excluding hydrogens is 368 g/mol. The van der Waals surface area contributed by atoms with E-state index < -0.39 is 6.04 Å². The lowest BCUT2D eigenvalue weighted by molar-refractivity contribution is -0.124. The number of carbonyl (C=O) groups excluding carboxylic acids is 2. The summed E-state index contributed by atoms with van der Waals surface area (Å²) in [7, 11) is 0. The summed E-state index contributed by atoms with van der Waals surface area (Å²) < 4.78 is 11.0. The third kappa shape index (κ3) is 7.14. The van der Waals surface area contributed by atoms with Gasteiger partial charge in [0.1, 0.15) is 24.1 Å². The minimum Gasteiger partial charge on any atom is -0.494 e. The van der Waals surface area contributed by atoms with Gasteiger partial charge < -0.3 is 20.1 Å². The second-order valence-corrected chi connectivity index (χ2v) is 7.11. The van der Waals surface area contributed by atoms with Gasteiger partial charge in [0.05, 0.1) is 13.2 Å². The van der Waals surface area contributed by atoms with E-state index in [0.29, 0.717) is 31.1 Å². The molecule has 0 saturated heterocycles. The second-order valence-electron chi connectivity index (χ2n) is 7.11. The molecule has 0 saturated carbocycles. The molecule has 0 fully saturated rings. The Morgan fingerprint density at radius 3 is 2.10 bits per heavy atom. The minimum atomic E-state index is -0.631. The Hall–Kier alpha value is -3.02. The number of rotatable bonds is 10. The van der Waals surface area contributed by atoms with Crippen LogP contribution in [-0.2, 0) is 4.79 Å². The Kier molecular flexibility index (Phi) is 8.52. The van der Waals surface area contributed by atoms with Crippen LogP contribution in [0.1, 0.15) is 36.7 Å². The van der Waals surface area contributed by atoms with Gasteiger partial charge in [-0.05, 0) is 56.2 Å². The Morgan fingerprint density at radius 1 is 0.931 bits per heavy atom. The van der Waals surface area contributed by atoms with Gasteiger partial charge in [0.15, 0.2) is 0 Å². The molecule has 2 rings (SSSR count). The van der Waals surface area contributed by atoms with Gasteiger partial charge in [0.25, 0.3) is 5.91 Å². The number of ether oxygens (including phenoxy) is 2. The zero-order chi connectivity index (χ0) is 21.2. The normalized spacial score (nSPS) is 11.6. The smallest absolute Gasteiger partial charge is 0.251 e. The number of hydrogen-bond acceptors (Lipinski definition) is 4. The van der Waals surface area contributed by atoms with Crippen LogP contribution in [0.15, 0.2) is 48.5 Å². The van der Waals surface area contributed by atoms with Crippen LogP contribution in [0.4, 0.5) is 0 Å². The van der Waals surface area contributed by atoms with Crippen molar-refractivity contribution < 1.29 is 19.1 Å². The van der Waals surface area contributed by atoms with Crippen molar-refractivity contribution in [2.45, 2.75) is 33.7 Å². The topological polar surface area (TPSA) is 76.7 Å². The zero-order valence-electron chi connectivity index (χ0n) is 17.5. The highest BCUT2D eigenvalue weighted by Crippen LogP contribution is 2.13. The third-order valence-corrected chi connectivity index (χ3v) is 4.35. The molecule has 0 aromatic heterocycles. The summed E-state index contributed by atoms with van der Waals surface area (Å²) in [6.07, 6.45) is 0. The number of nitrogens with one attached hydrogen (secondary N) is 2. The Balaban J connectivity index is 1.84. The molecule has 0 bridgehead atoms. The first-order valence-electron chi connectivity index (χ1n) is 9.91. The lowest BCUT2D eigenvalue weighted by atomic mass is 10.0. The molecule has 2 aromatic rings. The van der Waals surface area contributed by atoms with Crippen molar-refractivity contribution in [3.8, 4) is 11.5 Å². The van der Waals surface area contributed by atoms with E-state index >= 15 is 0 Å². The Labute approximate surface area is 172 Å². The molecule has 6 heteroatoms. The number of benzene rings is 2. The molecule has 2 N–H and O–H groups in total. The van der Waals surface area contributed by atoms with Crippen LogP contribution in [0, 0.1) is 12.8 Å². The van der Waals surface area contributed by atoms with Crippen LogP contribution in [0.25, 0.3) is 0 Å². The highest BCUT2D eigenvalue weighted by atomic mass is 16.5. The summed E-state index contributed by atoms with van der Waals surface area (Å²) in [5.74, 6) is 0.883. The molecule has 29 heavy (non-hydrogen) atoms. The molecule has 0 aliphatic carbocycles. The van der Waals surface area contributed by atoms with Gasteiger partial charge in [0, 0.05) is 5.56 Å². The van der Waals surface area contributed by atoms with E-state index in [1.54, 1.807) is 24.3 Å². The van der Waals surface area contributed by atoms with Crippen molar-refractivity contribution in [2.75, 3.05) is 19.8 Å². The fourth-order valence-corrected chi connectivity index (χ4v) is 2.72. The fourth-order valence-electron chi connectivity index (χ4n) is 2.72. The standard InChI is InChI=1S/C23H30N2O4/c1-5-28-19-12-8-18(9-13-19)22(26)25-21(16(2)3)23(27)24-14-15-29-20-10-6-17(4)7-11-20/h6-13,16,21H,5,14-15H2,1-4H3,(H,24,27)(H,25,26). The van der Waals surface area contributed by atoms with Crippen molar-refractivity contribution in [2.24, 2.45) is 5.92 Å². The number of amides is 2. The van der Waals surface area contributed by atoms with Crippen LogP contribution in [0.2, 0.25) is 0 Å². The van der Waals surface area contributed by atoms with Gasteiger partial charge in [-0.25, -0.2) is 0 Å². The van der Waals surface area contributed by atoms with Crippen LogP contribution < -0.4 is 20.1 Å². The largest absolute Gasteiger partial charge is 0.494 e. The van der Waals surface area contributed by atoms with Crippen LogP contribution in [0.3, 0.4) is 0 Å². The predicted molar refractivity (Wildman–Crippen MR) is 113 cm³/mol. The van der Waals surface area contributed by atoms with Crippen molar-refractivity contribution in [3.63, 3.8) is 0 Å². The van der Waals surface area contributed by atoms with Gasteiger partial charge in [0.2, 0.25) is 5.91 Å². The maximum absolute atomic E-state index is 12.5. The van der Waals surface area contributed by atoms with Gasteiger partial charge in [-0.1, -0.05) is 31.5 Å². The third-order valence-electron chi connectivity index (χ3n) is 4.35. The SMILES string of the molecule is CCOc1ccc(C(=O)NC(C(=O)NCCOc2ccc(C)cc2)C(C)C)cc1. The van der Waals surface area contributed by atoms with E-state index in [-0.39, 0.29) is 17.7 Å². The Bertz CT molecular complexity index is 786. The van der Waals surface area contributed by atoms with Crippen LogP contribution >= 0.6 is 0 Å². The average Bonchev–Trinajstić information content (AvgIpc) is 2.71. The van der Waals surface area contributed by atoms with Crippen LogP contribution in [-0.4, -0.2) is 37.6 Å². The van der Waals surface area contributed by atoms with Crippen molar-refractivity contribution in [3.05, 3.63) is 59.7 Å². The summed E-state index contributed by atoms with van der Waals surface area (Å²) in [6, 6.07) is 14.0. The molecular formula is C23H30N2O4. The molecule has 1 unspecified atom stereocenters. The quantitative estimate of drug-likeness (QED) is 0.602. The first-order chi connectivity index (χ1) is 13.9. The second kappa shape index (κ2) is 11.1. The van der Waals surface area contributed by atoms with E-state index in [1.165, 1.54) is 0 Å². The Morgan fingerprint density at radius 2 is 1.52 bits per heavy atom. The highest BCUT2D eigenvalue weighted by molar-refractivity contribution is 5.97. The summed E-state index contributed by atoms with van der Waals surface area (Å²) in [5.41, 5.74) is 1.64. The predicted octanol–water partition coefficient (Wildman–Crippen LogP) is 3.34. The fraction of sp³-hybridized carbons (Fsp3) is 0.391. The first kappa shape index (κ1) is 22.3. The molecule has 2 amide bonds. The molecule has 0 aliphatic heterocycles.